The lowest BCUT2D eigenvalue weighted by Gasteiger charge is -2.14. The Bertz CT molecular complexity index is 1190. The smallest absolute Gasteiger partial charge is 0.321 e. The lowest BCUT2D eigenvalue weighted by Crippen LogP contribution is -2.28. The number of anilines is 2. The average molecular weight is 402 g/mol. The van der Waals surface area contributed by atoms with Crippen LogP contribution >= 0.6 is 0 Å². The van der Waals surface area contributed by atoms with Crippen molar-refractivity contribution in [3.05, 3.63) is 42.9 Å². The minimum atomic E-state index is -0.299. The molecule has 0 saturated heterocycles. The summed E-state index contributed by atoms with van der Waals surface area (Å²) in [6.07, 6.45) is 6.70. The Kier molecular flexibility index (Phi) is 4.55. The number of carbonyl (C=O) groups excluding carboxylic acids is 1. The molecule has 152 valence electrons. The van der Waals surface area contributed by atoms with Crippen LogP contribution in [0, 0.1) is 0 Å². The third-order valence-corrected chi connectivity index (χ3v) is 5.06. The van der Waals surface area contributed by atoms with Crippen molar-refractivity contribution in [2.75, 3.05) is 23.7 Å². The molecule has 30 heavy (non-hydrogen) atoms. The maximum Gasteiger partial charge on any atom is 0.321 e. The van der Waals surface area contributed by atoms with Crippen molar-refractivity contribution in [2.24, 2.45) is 0 Å². The minimum Gasteiger partial charge on any atom is -0.356 e. The van der Waals surface area contributed by atoms with Crippen LogP contribution in [0.15, 0.2) is 42.9 Å². The Hall–Kier alpha value is -3.88. The van der Waals surface area contributed by atoms with Gasteiger partial charge in [-0.15, -0.1) is 0 Å². The van der Waals surface area contributed by atoms with Crippen molar-refractivity contribution < 1.29 is 4.79 Å². The summed E-state index contributed by atoms with van der Waals surface area (Å²) in [4.78, 5) is 28.8. The predicted octanol–water partition coefficient (Wildman–Crippen LogP) is 3.45. The second kappa shape index (κ2) is 7.51. The molecule has 1 aromatic carbocycles. The number of H-pyrrole nitrogens is 1. The number of benzene rings is 1. The van der Waals surface area contributed by atoms with Gasteiger partial charge in [-0.3, -0.25) is 10.3 Å². The molecule has 5 rings (SSSR count). The number of aromatic nitrogens is 5. The molecule has 1 aliphatic heterocycles. The fraction of sp³-hybridized carbons (Fsp3) is 0.238. The highest BCUT2D eigenvalue weighted by Gasteiger charge is 2.18. The zero-order chi connectivity index (χ0) is 20.5. The number of urea groups is 1. The summed E-state index contributed by atoms with van der Waals surface area (Å²) in [5.41, 5.74) is 5.30. The van der Waals surface area contributed by atoms with Gasteiger partial charge in [-0.2, -0.15) is 0 Å². The number of aryl methyl sites for hydroxylation is 1. The minimum absolute atomic E-state index is 0.299. The third kappa shape index (κ3) is 3.34. The summed E-state index contributed by atoms with van der Waals surface area (Å²) >= 11 is 0. The van der Waals surface area contributed by atoms with Crippen molar-refractivity contribution in [1.29, 1.82) is 0 Å². The molecule has 0 unspecified atom stereocenters. The van der Waals surface area contributed by atoms with Crippen LogP contribution in [-0.4, -0.2) is 43.6 Å². The van der Waals surface area contributed by atoms with E-state index < -0.39 is 0 Å². The van der Waals surface area contributed by atoms with Crippen LogP contribution in [-0.2, 0) is 6.54 Å². The van der Waals surface area contributed by atoms with E-state index in [1.165, 1.54) is 0 Å². The van der Waals surface area contributed by atoms with E-state index in [1.807, 2.05) is 31.3 Å². The van der Waals surface area contributed by atoms with Crippen LogP contribution in [0.1, 0.15) is 13.3 Å². The fourth-order valence-corrected chi connectivity index (χ4v) is 3.69. The zero-order valence-corrected chi connectivity index (χ0v) is 16.6. The van der Waals surface area contributed by atoms with Gasteiger partial charge in [-0.1, -0.05) is 6.07 Å². The number of hydrogen-bond acceptors (Lipinski definition) is 5. The molecule has 9 nitrogen and oxygen atoms in total. The summed E-state index contributed by atoms with van der Waals surface area (Å²) in [7, 11) is 0. The van der Waals surface area contributed by atoms with E-state index in [2.05, 4.69) is 47.7 Å². The highest BCUT2D eigenvalue weighted by Crippen LogP contribution is 2.34. The first-order chi connectivity index (χ1) is 14.7. The molecule has 9 heteroatoms. The normalized spacial score (nSPS) is 13.0. The SMILES string of the molecule is CCNC(=O)Nc1nc2c(-c3cn4c(n3)NCCC4)cc(-c3cccnc3)cc2[nH]1. The maximum absolute atomic E-state index is 12.0. The van der Waals surface area contributed by atoms with Crippen molar-refractivity contribution in [2.45, 2.75) is 19.9 Å². The lowest BCUT2D eigenvalue weighted by molar-refractivity contribution is 0.252. The quantitative estimate of drug-likeness (QED) is 0.418. The Labute approximate surface area is 173 Å². The van der Waals surface area contributed by atoms with Gasteiger partial charge < -0.3 is 20.2 Å². The van der Waals surface area contributed by atoms with Crippen molar-refractivity contribution in [3.63, 3.8) is 0 Å². The fourth-order valence-electron chi connectivity index (χ4n) is 3.69. The van der Waals surface area contributed by atoms with Gasteiger partial charge in [0.2, 0.25) is 11.9 Å². The monoisotopic (exact) mass is 402 g/mol. The molecular weight excluding hydrogens is 380 g/mol. The number of pyridine rings is 1. The molecule has 0 aliphatic carbocycles. The van der Waals surface area contributed by atoms with Crippen molar-refractivity contribution >= 4 is 29.0 Å². The van der Waals surface area contributed by atoms with E-state index in [0.717, 1.165) is 58.9 Å². The molecule has 0 radical (unpaired) electrons. The number of rotatable bonds is 4. The van der Waals surface area contributed by atoms with Crippen LogP contribution in [0.25, 0.3) is 33.4 Å². The molecule has 4 aromatic rings. The summed E-state index contributed by atoms with van der Waals surface area (Å²) < 4.78 is 2.13. The largest absolute Gasteiger partial charge is 0.356 e. The average Bonchev–Trinajstić information content (AvgIpc) is 3.37. The lowest BCUT2D eigenvalue weighted by atomic mass is 10.0. The Morgan fingerprint density at radius 2 is 2.20 bits per heavy atom. The number of fused-ring (bicyclic) bond motifs is 2. The number of amides is 2. The summed E-state index contributed by atoms with van der Waals surface area (Å²) in [6.45, 7) is 4.26. The van der Waals surface area contributed by atoms with Gasteiger partial charge in [0.1, 0.15) is 5.52 Å². The summed E-state index contributed by atoms with van der Waals surface area (Å²) in [6, 6.07) is 7.71. The first-order valence-corrected chi connectivity index (χ1v) is 10.0. The molecule has 0 saturated carbocycles. The van der Waals surface area contributed by atoms with E-state index in [4.69, 9.17) is 4.98 Å². The van der Waals surface area contributed by atoms with Crippen LogP contribution < -0.4 is 16.0 Å². The highest BCUT2D eigenvalue weighted by molar-refractivity contribution is 5.98. The molecule has 1 aliphatic rings. The van der Waals surface area contributed by atoms with E-state index in [1.54, 1.807) is 6.20 Å². The summed E-state index contributed by atoms with van der Waals surface area (Å²) in [5, 5.41) is 8.81. The van der Waals surface area contributed by atoms with Crippen LogP contribution in [0.3, 0.4) is 0 Å². The van der Waals surface area contributed by atoms with E-state index in [0.29, 0.717) is 12.5 Å². The van der Waals surface area contributed by atoms with Gasteiger partial charge in [-0.25, -0.2) is 14.8 Å². The number of carbonyl (C=O) groups is 1. The molecular formula is C21H22N8O. The molecule has 2 amide bonds. The number of nitrogens with zero attached hydrogens (tertiary/aromatic N) is 4. The predicted molar refractivity (Wildman–Crippen MR) is 116 cm³/mol. The second-order valence-electron chi connectivity index (χ2n) is 7.16. The first kappa shape index (κ1) is 18.2. The molecule has 0 bridgehead atoms. The molecule has 3 aromatic heterocycles. The topological polar surface area (TPSA) is 113 Å². The van der Waals surface area contributed by atoms with Crippen LogP contribution in [0.2, 0.25) is 0 Å². The van der Waals surface area contributed by atoms with Gasteiger partial charge in [0.25, 0.3) is 0 Å². The summed E-state index contributed by atoms with van der Waals surface area (Å²) in [5.74, 6) is 1.26. The standard InChI is InChI=1S/C21H22N8O/c1-2-23-21(30)28-19-25-16-10-14(13-5-3-6-22-11-13)9-15(18(16)27-19)17-12-29-8-4-7-24-20(29)26-17/h3,5-6,9-12H,2,4,7-8H2,1H3,(H,24,26)(H3,23,25,27,28,30). The van der Waals surface area contributed by atoms with Gasteiger partial charge in [0.05, 0.1) is 11.2 Å². The molecule has 0 spiro atoms. The van der Waals surface area contributed by atoms with E-state index >= 15 is 0 Å². The van der Waals surface area contributed by atoms with Gasteiger partial charge in [-0.05, 0) is 37.1 Å². The van der Waals surface area contributed by atoms with E-state index in [-0.39, 0.29) is 6.03 Å². The van der Waals surface area contributed by atoms with Crippen LogP contribution in [0.5, 0.6) is 0 Å². The molecule has 4 N–H and O–H groups in total. The zero-order valence-electron chi connectivity index (χ0n) is 16.6. The molecule has 4 heterocycles. The first-order valence-electron chi connectivity index (χ1n) is 10.0. The van der Waals surface area contributed by atoms with Crippen LogP contribution in [0.4, 0.5) is 16.7 Å². The van der Waals surface area contributed by atoms with E-state index in [9.17, 15) is 4.79 Å². The maximum atomic E-state index is 12.0. The molecule has 0 fully saturated rings. The van der Waals surface area contributed by atoms with Gasteiger partial charge >= 0.3 is 6.03 Å². The van der Waals surface area contributed by atoms with Gasteiger partial charge in [0, 0.05) is 49.4 Å². The third-order valence-electron chi connectivity index (χ3n) is 5.06. The Balaban J connectivity index is 1.65. The van der Waals surface area contributed by atoms with Crippen molar-refractivity contribution in [3.8, 4) is 22.4 Å². The number of imidazole rings is 2. The highest BCUT2D eigenvalue weighted by atomic mass is 16.2. The Morgan fingerprint density at radius 3 is 3.00 bits per heavy atom. The second-order valence-corrected chi connectivity index (χ2v) is 7.16. The Morgan fingerprint density at radius 1 is 1.27 bits per heavy atom. The number of nitrogens with one attached hydrogen (secondary N) is 4. The number of hydrogen-bond donors (Lipinski definition) is 4. The number of aromatic amines is 1. The van der Waals surface area contributed by atoms with Gasteiger partial charge in [0.15, 0.2) is 0 Å². The van der Waals surface area contributed by atoms with Crippen molar-refractivity contribution in [1.82, 2.24) is 29.8 Å². The molecule has 0 atom stereocenters.